The molecule has 3 rings (SSSR count). The van der Waals surface area contributed by atoms with E-state index in [-0.39, 0.29) is 5.75 Å². The van der Waals surface area contributed by atoms with Crippen molar-refractivity contribution in [2.24, 2.45) is 0 Å². The molecular weight excluding hydrogens is 256 g/mol. The zero-order chi connectivity index (χ0) is 13.1. The van der Waals surface area contributed by atoms with Crippen LogP contribution in [0.1, 0.15) is 0 Å². The van der Waals surface area contributed by atoms with Crippen LogP contribution in [-0.4, -0.2) is 5.11 Å². The molecule has 1 N–H and O–H groups in total. The first-order chi connectivity index (χ1) is 9.33. The molecule has 0 amide bonds. The maximum Gasteiger partial charge on any atom is 0.131 e. The second kappa shape index (κ2) is 5.16. The molecule has 3 aromatic rings. The highest BCUT2D eigenvalue weighted by molar-refractivity contribution is 7.13. The highest BCUT2D eigenvalue weighted by Gasteiger charge is 2.07. The lowest BCUT2D eigenvalue weighted by Gasteiger charge is -2.08. The van der Waals surface area contributed by atoms with Crippen molar-refractivity contribution in [3.8, 4) is 27.7 Å². The van der Waals surface area contributed by atoms with Gasteiger partial charge in [0.25, 0.3) is 0 Å². The van der Waals surface area contributed by atoms with E-state index in [0.717, 1.165) is 16.2 Å². The van der Waals surface area contributed by atoms with Gasteiger partial charge in [-0.15, -0.1) is 11.3 Å². The fourth-order valence-corrected chi connectivity index (χ4v) is 2.60. The highest BCUT2D eigenvalue weighted by Crippen LogP contribution is 2.36. The van der Waals surface area contributed by atoms with Gasteiger partial charge in [0.05, 0.1) is 0 Å². The summed E-state index contributed by atoms with van der Waals surface area (Å²) >= 11 is 1.60. The molecule has 0 bridgehead atoms. The number of hydrogen-bond donors (Lipinski definition) is 1. The van der Waals surface area contributed by atoms with Gasteiger partial charge in [0, 0.05) is 16.5 Å². The van der Waals surface area contributed by atoms with Gasteiger partial charge in [-0.1, -0.05) is 24.3 Å². The summed E-state index contributed by atoms with van der Waals surface area (Å²) in [5.74, 6) is 1.62. The number of aromatic hydroxyl groups is 1. The Morgan fingerprint density at radius 1 is 0.842 bits per heavy atom. The van der Waals surface area contributed by atoms with Gasteiger partial charge in [-0.25, -0.2) is 0 Å². The van der Waals surface area contributed by atoms with Crippen LogP contribution in [0.5, 0.6) is 17.2 Å². The number of hydrogen-bond acceptors (Lipinski definition) is 3. The van der Waals surface area contributed by atoms with Crippen LogP contribution in [0.3, 0.4) is 0 Å². The van der Waals surface area contributed by atoms with Gasteiger partial charge < -0.3 is 9.84 Å². The van der Waals surface area contributed by atoms with E-state index in [0.29, 0.717) is 5.75 Å². The first-order valence-electron chi connectivity index (χ1n) is 5.93. The first kappa shape index (κ1) is 11.8. The van der Waals surface area contributed by atoms with Crippen molar-refractivity contribution in [1.82, 2.24) is 0 Å². The summed E-state index contributed by atoms with van der Waals surface area (Å²) in [5.41, 5.74) is 0.829. The fourth-order valence-electron chi connectivity index (χ4n) is 1.84. The van der Waals surface area contributed by atoms with Gasteiger partial charge in [-0.05, 0) is 35.7 Å². The summed E-state index contributed by atoms with van der Waals surface area (Å²) in [4.78, 5) is 1.05. The fraction of sp³-hybridized carbons (Fsp3) is 0. The Kier molecular flexibility index (Phi) is 3.21. The van der Waals surface area contributed by atoms with E-state index >= 15 is 0 Å². The number of phenols is 1. The van der Waals surface area contributed by atoms with Crippen molar-refractivity contribution in [2.75, 3.05) is 0 Å². The minimum atomic E-state index is 0.232. The molecule has 0 unspecified atom stereocenters. The summed E-state index contributed by atoms with van der Waals surface area (Å²) in [6.07, 6.45) is 0. The van der Waals surface area contributed by atoms with Gasteiger partial charge in [0.1, 0.15) is 17.2 Å². The second-order valence-corrected chi connectivity index (χ2v) is 5.02. The molecule has 0 radical (unpaired) electrons. The molecular formula is C16H12O2S. The van der Waals surface area contributed by atoms with E-state index in [9.17, 15) is 5.11 Å². The number of thiophene rings is 1. The minimum Gasteiger partial charge on any atom is -0.507 e. The van der Waals surface area contributed by atoms with Crippen LogP contribution in [0.15, 0.2) is 66.0 Å². The third kappa shape index (κ3) is 2.61. The number of benzene rings is 2. The summed E-state index contributed by atoms with van der Waals surface area (Å²) in [6, 6.07) is 18.8. The molecule has 1 aromatic heterocycles. The minimum absolute atomic E-state index is 0.232. The molecule has 3 heteroatoms. The van der Waals surface area contributed by atoms with Gasteiger partial charge in [0.15, 0.2) is 0 Å². The van der Waals surface area contributed by atoms with Crippen molar-refractivity contribution in [3.05, 3.63) is 66.0 Å². The normalized spacial score (nSPS) is 10.3. The van der Waals surface area contributed by atoms with Crippen molar-refractivity contribution in [1.29, 1.82) is 0 Å². The number of ether oxygens (including phenoxy) is 1. The van der Waals surface area contributed by atoms with E-state index in [1.807, 2.05) is 60.0 Å². The molecule has 2 aromatic carbocycles. The number of rotatable bonds is 3. The van der Waals surface area contributed by atoms with Crippen molar-refractivity contribution >= 4 is 11.3 Å². The van der Waals surface area contributed by atoms with Crippen molar-refractivity contribution in [2.45, 2.75) is 0 Å². The summed E-state index contributed by atoms with van der Waals surface area (Å²) in [5, 5.41) is 12.1. The maximum absolute atomic E-state index is 10.1. The van der Waals surface area contributed by atoms with E-state index in [2.05, 4.69) is 0 Å². The van der Waals surface area contributed by atoms with Crippen LogP contribution in [0, 0.1) is 0 Å². The van der Waals surface area contributed by atoms with Crippen LogP contribution in [0.25, 0.3) is 10.4 Å². The lowest BCUT2D eigenvalue weighted by atomic mass is 10.1. The summed E-state index contributed by atoms with van der Waals surface area (Å²) in [7, 11) is 0. The first-order valence-corrected chi connectivity index (χ1v) is 6.81. The quantitative estimate of drug-likeness (QED) is 0.731. The lowest BCUT2D eigenvalue weighted by molar-refractivity contribution is 0.456. The van der Waals surface area contributed by atoms with Crippen LogP contribution < -0.4 is 4.74 Å². The average molecular weight is 268 g/mol. The Labute approximate surface area is 115 Å². The van der Waals surface area contributed by atoms with Gasteiger partial charge >= 0.3 is 0 Å². The molecule has 0 aliphatic rings. The van der Waals surface area contributed by atoms with Crippen LogP contribution in [0.4, 0.5) is 0 Å². The zero-order valence-electron chi connectivity index (χ0n) is 10.1. The molecule has 0 aliphatic heterocycles. The lowest BCUT2D eigenvalue weighted by Crippen LogP contribution is -1.84. The molecule has 0 spiro atoms. The molecule has 0 fully saturated rings. The molecule has 94 valence electrons. The topological polar surface area (TPSA) is 29.5 Å². The van der Waals surface area contributed by atoms with E-state index in [1.54, 1.807) is 17.4 Å². The Bertz CT molecular complexity index is 660. The monoisotopic (exact) mass is 268 g/mol. The van der Waals surface area contributed by atoms with Gasteiger partial charge in [-0.2, -0.15) is 0 Å². The molecule has 0 atom stereocenters. The predicted octanol–water partition coefficient (Wildman–Crippen LogP) is 4.91. The molecule has 0 saturated heterocycles. The maximum atomic E-state index is 10.1. The SMILES string of the molecule is Oc1cc(Oc2ccccc2)ccc1-c1cccs1. The molecule has 19 heavy (non-hydrogen) atoms. The number of para-hydroxylation sites is 1. The van der Waals surface area contributed by atoms with Crippen LogP contribution in [0.2, 0.25) is 0 Å². The summed E-state index contributed by atoms with van der Waals surface area (Å²) in [6.45, 7) is 0. The molecule has 1 heterocycles. The van der Waals surface area contributed by atoms with Crippen LogP contribution in [-0.2, 0) is 0 Å². The smallest absolute Gasteiger partial charge is 0.131 e. The molecule has 0 aliphatic carbocycles. The van der Waals surface area contributed by atoms with Gasteiger partial charge in [-0.3, -0.25) is 0 Å². The Hall–Kier alpha value is -2.26. The van der Waals surface area contributed by atoms with Gasteiger partial charge in [0.2, 0.25) is 0 Å². The Balaban J connectivity index is 1.88. The molecule has 0 saturated carbocycles. The zero-order valence-corrected chi connectivity index (χ0v) is 10.9. The van der Waals surface area contributed by atoms with E-state index in [4.69, 9.17) is 4.74 Å². The predicted molar refractivity (Wildman–Crippen MR) is 77.9 cm³/mol. The Morgan fingerprint density at radius 3 is 2.37 bits per heavy atom. The standard InChI is InChI=1S/C16H12O2S/c17-15-11-13(18-12-5-2-1-3-6-12)8-9-14(15)16-7-4-10-19-16/h1-11,17H. The third-order valence-electron chi connectivity index (χ3n) is 2.73. The van der Waals surface area contributed by atoms with Crippen LogP contribution >= 0.6 is 11.3 Å². The Morgan fingerprint density at radius 2 is 1.68 bits per heavy atom. The van der Waals surface area contributed by atoms with Crippen molar-refractivity contribution < 1.29 is 9.84 Å². The van der Waals surface area contributed by atoms with Crippen molar-refractivity contribution in [3.63, 3.8) is 0 Å². The highest BCUT2D eigenvalue weighted by atomic mass is 32.1. The number of phenolic OH excluding ortho intramolecular Hbond substituents is 1. The van der Waals surface area contributed by atoms with E-state index < -0.39 is 0 Å². The third-order valence-corrected chi connectivity index (χ3v) is 3.64. The van der Waals surface area contributed by atoms with E-state index in [1.165, 1.54) is 0 Å². The largest absolute Gasteiger partial charge is 0.507 e. The average Bonchev–Trinajstić information content (AvgIpc) is 2.94. The molecule has 2 nitrogen and oxygen atoms in total. The second-order valence-electron chi connectivity index (χ2n) is 4.07. The summed E-state index contributed by atoms with van der Waals surface area (Å²) < 4.78 is 5.67.